The van der Waals surface area contributed by atoms with Gasteiger partial charge in [0, 0.05) is 5.56 Å². The molecule has 2 bridgehead atoms. The van der Waals surface area contributed by atoms with Gasteiger partial charge in [-0.1, -0.05) is 26.0 Å². The van der Waals surface area contributed by atoms with E-state index in [0.717, 1.165) is 23.4 Å². The van der Waals surface area contributed by atoms with Crippen LogP contribution in [0.15, 0.2) is 24.3 Å². The van der Waals surface area contributed by atoms with Gasteiger partial charge in [-0.3, -0.25) is 19.8 Å². The van der Waals surface area contributed by atoms with Gasteiger partial charge in [-0.2, -0.15) is 5.01 Å². The second-order valence-electron chi connectivity index (χ2n) is 7.07. The van der Waals surface area contributed by atoms with Crippen LogP contribution in [0.1, 0.15) is 48.5 Å². The van der Waals surface area contributed by atoms with Crippen molar-refractivity contribution in [3.63, 3.8) is 0 Å². The summed E-state index contributed by atoms with van der Waals surface area (Å²) in [5.74, 6) is -1.62. The molecule has 24 heavy (non-hydrogen) atoms. The van der Waals surface area contributed by atoms with Crippen LogP contribution >= 0.6 is 0 Å². The van der Waals surface area contributed by atoms with Gasteiger partial charge in [-0.15, -0.1) is 0 Å². The lowest BCUT2D eigenvalue weighted by molar-refractivity contribution is -0.145. The Labute approximate surface area is 140 Å². The van der Waals surface area contributed by atoms with Gasteiger partial charge in [-0.05, 0) is 36.5 Å². The zero-order valence-corrected chi connectivity index (χ0v) is 13.7. The molecule has 0 unspecified atom stereocenters. The number of benzene rings is 1. The van der Waals surface area contributed by atoms with Crippen molar-refractivity contribution in [2.75, 3.05) is 0 Å². The summed E-state index contributed by atoms with van der Waals surface area (Å²) < 4.78 is 5.67. The molecule has 0 saturated carbocycles. The normalized spacial score (nSPS) is 31.0. The minimum Gasteiger partial charge on any atom is -0.373 e. The van der Waals surface area contributed by atoms with E-state index in [4.69, 9.17) is 4.74 Å². The van der Waals surface area contributed by atoms with Gasteiger partial charge in [0.2, 0.25) is 0 Å². The Morgan fingerprint density at radius 1 is 1.08 bits per heavy atom. The van der Waals surface area contributed by atoms with E-state index >= 15 is 0 Å². The summed E-state index contributed by atoms with van der Waals surface area (Å²) in [5, 5.41) is 0.905. The highest BCUT2D eigenvalue weighted by molar-refractivity contribution is 6.08. The lowest BCUT2D eigenvalue weighted by Gasteiger charge is -2.18. The fraction of sp³-hybridized carbons (Fsp3) is 0.500. The number of hydrogen-bond acceptors (Lipinski definition) is 4. The monoisotopic (exact) mass is 328 g/mol. The maximum Gasteiger partial charge on any atom is 0.270 e. The van der Waals surface area contributed by atoms with Crippen molar-refractivity contribution < 1.29 is 19.1 Å². The average molecular weight is 328 g/mol. The first-order valence-corrected chi connectivity index (χ1v) is 8.41. The first-order chi connectivity index (χ1) is 11.5. The summed E-state index contributed by atoms with van der Waals surface area (Å²) in [7, 11) is 0. The van der Waals surface area contributed by atoms with E-state index < -0.39 is 17.7 Å². The molecule has 3 aliphatic rings. The molecule has 0 radical (unpaired) electrons. The molecule has 3 aliphatic heterocycles. The minimum atomic E-state index is -0.444. The van der Waals surface area contributed by atoms with E-state index in [1.54, 1.807) is 12.1 Å². The number of carbonyl (C=O) groups is 3. The van der Waals surface area contributed by atoms with E-state index in [9.17, 15) is 14.4 Å². The topological polar surface area (TPSA) is 75.7 Å². The third kappa shape index (κ3) is 2.17. The summed E-state index contributed by atoms with van der Waals surface area (Å²) in [4.78, 5) is 37.4. The van der Waals surface area contributed by atoms with Crippen molar-refractivity contribution in [2.24, 2.45) is 11.8 Å². The number of hydrazine groups is 1. The first-order valence-electron chi connectivity index (χ1n) is 8.41. The molecule has 3 fully saturated rings. The SMILES string of the molecule is CC(C)c1ccc(C(=O)NN2C(=O)[C@@H]3[C@H](C2=O)[C@H]2CC[C@H]3O2)cc1. The van der Waals surface area contributed by atoms with E-state index in [-0.39, 0.29) is 24.0 Å². The Bertz CT molecular complexity index is 684. The number of hydrogen-bond donors (Lipinski definition) is 1. The van der Waals surface area contributed by atoms with Crippen LogP contribution in [0.5, 0.6) is 0 Å². The number of amides is 3. The van der Waals surface area contributed by atoms with Crippen molar-refractivity contribution in [1.29, 1.82) is 0 Å². The van der Waals surface area contributed by atoms with Gasteiger partial charge < -0.3 is 4.74 Å². The van der Waals surface area contributed by atoms with Crippen LogP contribution in [-0.2, 0) is 14.3 Å². The molecule has 3 saturated heterocycles. The standard InChI is InChI=1S/C18H20N2O4/c1-9(2)10-3-5-11(6-4-10)16(21)19-20-17(22)14-12-7-8-13(24-12)15(14)18(20)23/h3-6,9,12-15H,7-8H2,1-2H3,(H,19,21)/t12-,13-,14-,15+/m1/s1. The maximum absolute atomic E-state index is 12.5. The van der Waals surface area contributed by atoms with Crippen molar-refractivity contribution in [1.82, 2.24) is 10.4 Å². The molecule has 3 amide bonds. The fourth-order valence-electron chi connectivity index (χ4n) is 4.01. The van der Waals surface area contributed by atoms with Gasteiger partial charge in [0.25, 0.3) is 17.7 Å². The molecule has 1 aromatic carbocycles. The number of nitrogens with one attached hydrogen (secondary N) is 1. The smallest absolute Gasteiger partial charge is 0.270 e. The summed E-state index contributed by atoms with van der Waals surface area (Å²) in [5.41, 5.74) is 4.04. The second kappa shape index (κ2) is 5.41. The zero-order chi connectivity index (χ0) is 17.0. The summed E-state index contributed by atoms with van der Waals surface area (Å²) in [6.45, 7) is 4.15. The Balaban J connectivity index is 1.50. The number of carbonyl (C=O) groups excluding carboxylic acids is 3. The maximum atomic E-state index is 12.5. The number of rotatable bonds is 3. The third-order valence-corrected chi connectivity index (χ3v) is 5.34. The summed E-state index contributed by atoms with van der Waals surface area (Å²) >= 11 is 0. The van der Waals surface area contributed by atoms with E-state index in [1.165, 1.54) is 0 Å². The van der Waals surface area contributed by atoms with Gasteiger partial charge in [0.05, 0.1) is 24.0 Å². The van der Waals surface area contributed by atoms with Crippen molar-refractivity contribution in [3.8, 4) is 0 Å². The zero-order valence-electron chi connectivity index (χ0n) is 13.7. The molecule has 6 heteroatoms. The van der Waals surface area contributed by atoms with Crippen LogP contribution in [0.3, 0.4) is 0 Å². The van der Waals surface area contributed by atoms with Gasteiger partial charge in [0.1, 0.15) is 0 Å². The molecular weight excluding hydrogens is 308 g/mol. The third-order valence-electron chi connectivity index (χ3n) is 5.34. The summed E-state index contributed by atoms with van der Waals surface area (Å²) in [6.07, 6.45) is 1.26. The Kier molecular flexibility index (Phi) is 3.46. The highest BCUT2D eigenvalue weighted by atomic mass is 16.5. The molecule has 4 rings (SSSR count). The van der Waals surface area contributed by atoms with E-state index in [0.29, 0.717) is 11.5 Å². The molecule has 1 aromatic rings. The number of imide groups is 1. The average Bonchev–Trinajstić information content (AvgIpc) is 3.24. The minimum absolute atomic E-state index is 0.177. The lowest BCUT2D eigenvalue weighted by Crippen LogP contribution is -2.47. The van der Waals surface area contributed by atoms with Crippen LogP contribution in [-0.4, -0.2) is 34.9 Å². The Morgan fingerprint density at radius 3 is 2.12 bits per heavy atom. The van der Waals surface area contributed by atoms with Crippen molar-refractivity contribution in [3.05, 3.63) is 35.4 Å². The van der Waals surface area contributed by atoms with Crippen LogP contribution in [0.25, 0.3) is 0 Å². The molecule has 0 spiro atoms. The molecule has 0 aromatic heterocycles. The van der Waals surface area contributed by atoms with E-state index in [1.807, 2.05) is 12.1 Å². The quantitative estimate of drug-likeness (QED) is 0.856. The van der Waals surface area contributed by atoms with Crippen LogP contribution in [0, 0.1) is 11.8 Å². The summed E-state index contributed by atoms with van der Waals surface area (Å²) in [6, 6.07) is 7.19. The van der Waals surface area contributed by atoms with Crippen LogP contribution in [0.4, 0.5) is 0 Å². The molecule has 0 aliphatic carbocycles. The Morgan fingerprint density at radius 2 is 1.62 bits per heavy atom. The van der Waals surface area contributed by atoms with Gasteiger partial charge >= 0.3 is 0 Å². The molecule has 6 nitrogen and oxygen atoms in total. The van der Waals surface area contributed by atoms with E-state index in [2.05, 4.69) is 19.3 Å². The number of nitrogens with zero attached hydrogens (tertiary/aromatic N) is 1. The molecule has 1 N–H and O–H groups in total. The highest BCUT2D eigenvalue weighted by Gasteiger charge is 2.62. The number of fused-ring (bicyclic) bond motifs is 5. The molecular formula is C18H20N2O4. The first kappa shape index (κ1) is 15.3. The van der Waals surface area contributed by atoms with Gasteiger partial charge in [-0.25, -0.2) is 0 Å². The highest BCUT2D eigenvalue weighted by Crippen LogP contribution is 2.48. The molecule has 3 heterocycles. The predicted octanol–water partition coefficient (Wildman–Crippen LogP) is 1.62. The van der Waals surface area contributed by atoms with Crippen LogP contribution < -0.4 is 5.43 Å². The molecule has 126 valence electrons. The number of ether oxygens (including phenoxy) is 1. The lowest BCUT2D eigenvalue weighted by atomic mass is 9.81. The Hall–Kier alpha value is -2.21. The largest absolute Gasteiger partial charge is 0.373 e. The van der Waals surface area contributed by atoms with Crippen molar-refractivity contribution in [2.45, 2.75) is 44.8 Å². The van der Waals surface area contributed by atoms with Crippen molar-refractivity contribution >= 4 is 17.7 Å². The fourth-order valence-corrected chi connectivity index (χ4v) is 4.01. The molecule has 4 atom stereocenters. The second-order valence-corrected chi connectivity index (χ2v) is 7.07. The van der Waals surface area contributed by atoms with Gasteiger partial charge in [0.15, 0.2) is 0 Å². The van der Waals surface area contributed by atoms with Crippen LogP contribution in [0.2, 0.25) is 0 Å². The predicted molar refractivity (Wildman–Crippen MR) is 84.7 cm³/mol.